The third-order valence-corrected chi connectivity index (χ3v) is 5.74. The summed E-state index contributed by atoms with van der Waals surface area (Å²) in [6, 6.07) is 3.69. The van der Waals surface area contributed by atoms with E-state index in [0.717, 1.165) is 31.4 Å². The standard InChI is InChI=1S/C22H27N5O4/c1-30-8-9-31-16-4-2-14(3-5-16)26-22(29)18-11-15(27-7-6-24-13-27)10-17-19(21(23)28)12-25-20(17)18/h6-7,10-14,16,25H,2-5,8-9H2,1H3,(H2,23,28)(H,26,29). The zero-order valence-corrected chi connectivity index (χ0v) is 17.5. The van der Waals surface area contributed by atoms with Crippen LogP contribution in [0.4, 0.5) is 0 Å². The van der Waals surface area contributed by atoms with Gasteiger partial charge in [0.2, 0.25) is 0 Å². The fourth-order valence-corrected chi connectivity index (χ4v) is 4.10. The second kappa shape index (κ2) is 9.32. The van der Waals surface area contributed by atoms with Crippen molar-refractivity contribution in [3.63, 3.8) is 0 Å². The number of rotatable bonds is 8. The minimum Gasteiger partial charge on any atom is -0.382 e. The van der Waals surface area contributed by atoms with Crippen molar-refractivity contribution in [2.75, 3.05) is 20.3 Å². The van der Waals surface area contributed by atoms with Crippen molar-refractivity contribution in [2.45, 2.75) is 37.8 Å². The van der Waals surface area contributed by atoms with Gasteiger partial charge in [0.25, 0.3) is 11.8 Å². The zero-order valence-electron chi connectivity index (χ0n) is 17.5. The number of aromatic amines is 1. The number of hydrogen-bond donors (Lipinski definition) is 3. The van der Waals surface area contributed by atoms with E-state index in [4.69, 9.17) is 15.2 Å². The van der Waals surface area contributed by atoms with Gasteiger partial charge in [-0.2, -0.15) is 0 Å². The quantitative estimate of drug-likeness (QED) is 0.477. The molecule has 1 saturated carbocycles. The molecule has 4 rings (SSSR count). The highest BCUT2D eigenvalue weighted by atomic mass is 16.5. The summed E-state index contributed by atoms with van der Waals surface area (Å²) < 4.78 is 12.6. The second-order valence-corrected chi connectivity index (χ2v) is 7.76. The largest absolute Gasteiger partial charge is 0.382 e. The van der Waals surface area contributed by atoms with E-state index in [0.29, 0.717) is 35.2 Å². The highest BCUT2D eigenvalue weighted by Crippen LogP contribution is 2.27. The van der Waals surface area contributed by atoms with E-state index in [1.54, 1.807) is 42.7 Å². The number of nitrogens with zero attached hydrogens (tertiary/aromatic N) is 2. The number of amides is 2. The summed E-state index contributed by atoms with van der Waals surface area (Å²) in [7, 11) is 1.66. The predicted octanol–water partition coefficient (Wildman–Crippen LogP) is 2.16. The molecule has 3 aromatic rings. The first-order valence-corrected chi connectivity index (χ1v) is 10.4. The number of carbonyl (C=O) groups is 2. The zero-order chi connectivity index (χ0) is 21.8. The maximum Gasteiger partial charge on any atom is 0.253 e. The molecule has 2 heterocycles. The molecule has 1 fully saturated rings. The van der Waals surface area contributed by atoms with Crippen molar-refractivity contribution >= 4 is 22.7 Å². The number of nitrogens with one attached hydrogen (secondary N) is 2. The number of nitrogens with two attached hydrogens (primary N) is 1. The van der Waals surface area contributed by atoms with Crippen LogP contribution in [0.2, 0.25) is 0 Å². The third-order valence-electron chi connectivity index (χ3n) is 5.74. The van der Waals surface area contributed by atoms with Gasteiger partial charge in [-0.1, -0.05) is 0 Å². The van der Waals surface area contributed by atoms with E-state index < -0.39 is 5.91 Å². The van der Waals surface area contributed by atoms with Gasteiger partial charge < -0.3 is 30.1 Å². The molecule has 164 valence electrons. The van der Waals surface area contributed by atoms with Crippen LogP contribution < -0.4 is 11.1 Å². The summed E-state index contributed by atoms with van der Waals surface area (Å²) in [5.41, 5.74) is 7.66. The Kier molecular flexibility index (Phi) is 6.34. The predicted molar refractivity (Wildman–Crippen MR) is 115 cm³/mol. The topological polar surface area (TPSA) is 124 Å². The molecule has 1 aliphatic rings. The van der Waals surface area contributed by atoms with Crippen LogP contribution in [-0.2, 0) is 9.47 Å². The lowest BCUT2D eigenvalue weighted by atomic mass is 9.92. The normalized spacial score (nSPS) is 18.9. The molecule has 0 saturated heterocycles. The number of H-pyrrole nitrogens is 1. The molecule has 0 aliphatic heterocycles. The molecule has 2 amide bonds. The molecule has 0 radical (unpaired) electrons. The van der Waals surface area contributed by atoms with Gasteiger partial charge in [0, 0.05) is 42.8 Å². The Morgan fingerprint density at radius 3 is 2.71 bits per heavy atom. The van der Waals surface area contributed by atoms with Crippen molar-refractivity contribution in [1.29, 1.82) is 0 Å². The van der Waals surface area contributed by atoms with Gasteiger partial charge in [-0.15, -0.1) is 0 Å². The first-order chi connectivity index (χ1) is 15.1. The Hall–Kier alpha value is -3.17. The smallest absolute Gasteiger partial charge is 0.253 e. The van der Waals surface area contributed by atoms with Crippen LogP contribution in [0, 0.1) is 0 Å². The molecule has 9 nitrogen and oxygen atoms in total. The van der Waals surface area contributed by atoms with Crippen LogP contribution in [0.25, 0.3) is 16.6 Å². The van der Waals surface area contributed by atoms with Gasteiger partial charge in [-0.25, -0.2) is 4.98 Å². The lowest BCUT2D eigenvalue weighted by Gasteiger charge is -2.29. The molecule has 4 N–H and O–H groups in total. The Morgan fingerprint density at radius 2 is 2.03 bits per heavy atom. The van der Waals surface area contributed by atoms with Crippen LogP contribution in [0.1, 0.15) is 46.4 Å². The van der Waals surface area contributed by atoms with Gasteiger partial charge in [0.15, 0.2) is 0 Å². The Balaban J connectivity index is 1.53. The summed E-state index contributed by atoms with van der Waals surface area (Å²) in [5, 5.41) is 3.76. The summed E-state index contributed by atoms with van der Waals surface area (Å²) in [4.78, 5) is 32.2. The molecule has 0 unspecified atom stereocenters. The fourth-order valence-electron chi connectivity index (χ4n) is 4.10. The molecule has 0 spiro atoms. The van der Waals surface area contributed by atoms with E-state index in [1.807, 2.05) is 6.07 Å². The highest BCUT2D eigenvalue weighted by molar-refractivity contribution is 6.13. The first-order valence-electron chi connectivity index (χ1n) is 10.4. The van der Waals surface area contributed by atoms with Gasteiger partial charge in [0.05, 0.1) is 42.3 Å². The maximum atomic E-state index is 13.2. The summed E-state index contributed by atoms with van der Waals surface area (Å²) in [6.07, 6.45) is 10.3. The van der Waals surface area contributed by atoms with Gasteiger partial charge in [0.1, 0.15) is 0 Å². The van der Waals surface area contributed by atoms with Crippen molar-refractivity contribution in [3.8, 4) is 5.69 Å². The van der Waals surface area contributed by atoms with Gasteiger partial charge in [-0.3, -0.25) is 9.59 Å². The number of aromatic nitrogens is 3. The summed E-state index contributed by atoms with van der Waals surface area (Å²) in [5.74, 6) is -0.735. The number of fused-ring (bicyclic) bond motifs is 1. The number of benzene rings is 1. The van der Waals surface area contributed by atoms with E-state index in [1.165, 1.54) is 0 Å². The average Bonchev–Trinajstić information content (AvgIpc) is 3.44. The number of ether oxygens (including phenoxy) is 2. The van der Waals surface area contributed by atoms with E-state index >= 15 is 0 Å². The molecular formula is C22H27N5O4. The number of primary amides is 1. The van der Waals surface area contributed by atoms with Gasteiger partial charge >= 0.3 is 0 Å². The summed E-state index contributed by atoms with van der Waals surface area (Å²) in [6.45, 7) is 1.18. The highest BCUT2D eigenvalue weighted by Gasteiger charge is 2.25. The lowest BCUT2D eigenvalue weighted by Crippen LogP contribution is -2.39. The summed E-state index contributed by atoms with van der Waals surface area (Å²) >= 11 is 0. The Bertz CT molecular complexity index is 1050. The number of methoxy groups -OCH3 is 1. The van der Waals surface area contributed by atoms with Crippen LogP contribution in [0.3, 0.4) is 0 Å². The fraction of sp³-hybridized carbons (Fsp3) is 0.409. The van der Waals surface area contributed by atoms with Crippen molar-refractivity contribution in [3.05, 3.63) is 48.2 Å². The molecule has 2 aromatic heterocycles. The van der Waals surface area contributed by atoms with Crippen LogP contribution >= 0.6 is 0 Å². The SMILES string of the molecule is COCCOC1CCC(NC(=O)c2cc(-n3ccnc3)cc3c(C(N)=O)c[nH]c23)CC1. The maximum absolute atomic E-state index is 13.2. The molecule has 0 bridgehead atoms. The average molecular weight is 425 g/mol. The first kappa shape index (κ1) is 21.1. The van der Waals surface area contributed by atoms with Gasteiger partial charge in [-0.05, 0) is 37.8 Å². The van der Waals surface area contributed by atoms with Crippen molar-refractivity contribution in [1.82, 2.24) is 19.9 Å². The molecule has 1 aliphatic carbocycles. The molecule has 31 heavy (non-hydrogen) atoms. The van der Waals surface area contributed by atoms with Crippen molar-refractivity contribution in [2.24, 2.45) is 5.73 Å². The minimum atomic E-state index is -0.549. The lowest BCUT2D eigenvalue weighted by molar-refractivity contribution is -0.00408. The number of hydrogen-bond acceptors (Lipinski definition) is 5. The number of carbonyl (C=O) groups excluding carboxylic acids is 2. The van der Waals surface area contributed by atoms with E-state index in [-0.39, 0.29) is 18.1 Å². The molecule has 9 heteroatoms. The monoisotopic (exact) mass is 425 g/mol. The van der Waals surface area contributed by atoms with Crippen LogP contribution in [0.5, 0.6) is 0 Å². The number of imidazole rings is 1. The van der Waals surface area contributed by atoms with Crippen molar-refractivity contribution < 1.29 is 19.1 Å². The third kappa shape index (κ3) is 4.62. The molecule has 1 aromatic carbocycles. The molecular weight excluding hydrogens is 398 g/mol. The Morgan fingerprint density at radius 1 is 1.23 bits per heavy atom. The molecule has 0 atom stereocenters. The second-order valence-electron chi connectivity index (χ2n) is 7.76. The van der Waals surface area contributed by atoms with Crippen LogP contribution in [-0.4, -0.2) is 58.8 Å². The van der Waals surface area contributed by atoms with Crippen LogP contribution in [0.15, 0.2) is 37.1 Å². The van der Waals surface area contributed by atoms with E-state index in [2.05, 4.69) is 15.3 Å². The van der Waals surface area contributed by atoms with E-state index in [9.17, 15) is 9.59 Å². The minimum absolute atomic E-state index is 0.0762. The Labute approximate surface area is 179 Å².